The molecule has 3 aromatic carbocycles. The molecule has 0 aliphatic carbocycles. The maximum atomic E-state index is 13.2. The molecule has 0 saturated heterocycles. The van der Waals surface area contributed by atoms with Crippen molar-refractivity contribution < 1.29 is 18.7 Å². The van der Waals surface area contributed by atoms with E-state index in [2.05, 4.69) is 10.0 Å². The molecule has 1 heterocycles. The van der Waals surface area contributed by atoms with Crippen molar-refractivity contribution in [3.8, 4) is 11.5 Å². The number of anilines is 2. The number of hydrogen-bond donors (Lipinski definition) is 2. The van der Waals surface area contributed by atoms with Gasteiger partial charge in [0.15, 0.2) is 11.5 Å². The minimum absolute atomic E-state index is 0.189. The van der Waals surface area contributed by atoms with Crippen molar-refractivity contribution in [2.75, 3.05) is 16.8 Å². The number of halogens is 1. The van der Waals surface area contributed by atoms with Gasteiger partial charge in [0.2, 0.25) is 6.79 Å². The Kier molecular flexibility index (Phi) is 4.84. The maximum absolute atomic E-state index is 13.2. The number of ether oxygens (including phenoxy) is 2. The van der Waals surface area contributed by atoms with Crippen molar-refractivity contribution in [3.05, 3.63) is 78.1 Å². The van der Waals surface area contributed by atoms with Crippen LogP contribution in [0.1, 0.15) is 10.4 Å². The Morgan fingerprint density at radius 3 is 2.52 bits per heavy atom. The number of amides is 1. The number of hydrogen-bond acceptors (Lipinski definition) is 5. The molecule has 3 aromatic rings. The van der Waals surface area contributed by atoms with E-state index in [9.17, 15) is 9.18 Å². The van der Waals surface area contributed by atoms with Crippen LogP contribution in [0.25, 0.3) is 0 Å². The molecule has 0 spiro atoms. The van der Waals surface area contributed by atoms with E-state index in [4.69, 9.17) is 9.47 Å². The molecule has 5 nitrogen and oxygen atoms in total. The highest BCUT2D eigenvalue weighted by atomic mass is 32.2. The summed E-state index contributed by atoms with van der Waals surface area (Å²) in [6, 6.07) is 18.6. The molecule has 27 heavy (non-hydrogen) atoms. The second-order valence-corrected chi connectivity index (χ2v) is 6.64. The first kappa shape index (κ1) is 17.2. The van der Waals surface area contributed by atoms with Crippen LogP contribution in [0, 0.1) is 5.82 Å². The van der Waals surface area contributed by atoms with Gasteiger partial charge < -0.3 is 19.5 Å². The summed E-state index contributed by atoms with van der Waals surface area (Å²) in [5.74, 6) is 0.775. The van der Waals surface area contributed by atoms with Gasteiger partial charge in [-0.1, -0.05) is 6.07 Å². The monoisotopic (exact) mass is 382 g/mol. The molecule has 0 unspecified atom stereocenters. The Labute approximate surface area is 159 Å². The minimum atomic E-state index is -0.280. The largest absolute Gasteiger partial charge is 0.454 e. The zero-order valence-electron chi connectivity index (χ0n) is 14.1. The van der Waals surface area contributed by atoms with Crippen LogP contribution >= 0.6 is 11.9 Å². The normalized spacial score (nSPS) is 11.9. The summed E-state index contributed by atoms with van der Waals surface area (Å²) >= 11 is 1.30. The summed E-state index contributed by atoms with van der Waals surface area (Å²) < 4.78 is 26.9. The van der Waals surface area contributed by atoms with Crippen molar-refractivity contribution in [2.24, 2.45) is 0 Å². The molecule has 4 rings (SSSR count). The fourth-order valence-corrected chi connectivity index (χ4v) is 3.21. The third kappa shape index (κ3) is 4.15. The standard InChI is InChI=1S/C20H15FN2O3S/c21-14-2-1-3-17(10-14)27-23-15-6-4-13(5-7-15)20(24)22-16-8-9-18-19(11-16)26-12-25-18/h1-11,23H,12H2,(H,22,24). The van der Waals surface area contributed by atoms with Crippen molar-refractivity contribution in [1.82, 2.24) is 0 Å². The average Bonchev–Trinajstić information content (AvgIpc) is 3.15. The Bertz CT molecular complexity index is 979. The Hall–Kier alpha value is -3.19. The summed E-state index contributed by atoms with van der Waals surface area (Å²) in [5, 5.41) is 2.83. The second-order valence-electron chi connectivity index (χ2n) is 5.76. The number of benzene rings is 3. The third-order valence-corrected chi connectivity index (χ3v) is 4.69. The van der Waals surface area contributed by atoms with E-state index in [1.54, 1.807) is 48.5 Å². The highest BCUT2D eigenvalue weighted by Crippen LogP contribution is 2.34. The van der Waals surface area contributed by atoms with E-state index >= 15 is 0 Å². The minimum Gasteiger partial charge on any atom is -0.454 e. The Morgan fingerprint density at radius 2 is 1.70 bits per heavy atom. The van der Waals surface area contributed by atoms with Crippen LogP contribution in [0.4, 0.5) is 15.8 Å². The van der Waals surface area contributed by atoms with E-state index in [-0.39, 0.29) is 18.5 Å². The second kappa shape index (κ2) is 7.59. The van der Waals surface area contributed by atoms with Crippen LogP contribution in [0.2, 0.25) is 0 Å². The lowest BCUT2D eigenvalue weighted by Crippen LogP contribution is -2.11. The topological polar surface area (TPSA) is 59.6 Å². The van der Waals surface area contributed by atoms with Crippen LogP contribution in [-0.2, 0) is 0 Å². The van der Waals surface area contributed by atoms with Crippen molar-refractivity contribution in [3.63, 3.8) is 0 Å². The van der Waals surface area contributed by atoms with E-state index in [0.29, 0.717) is 22.7 Å². The van der Waals surface area contributed by atoms with Crippen LogP contribution in [0.5, 0.6) is 11.5 Å². The summed E-state index contributed by atoms with van der Waals surface area (Å²) in [4.78, 5) is 13.2. The Balaban J connectivity index is 1.37. The van der Waals surface area contributed by atoms with Gasteiger partial charge in [0.05, 0.1) is 0 Å². The Morgan fingerprint density at radius 1 is 0.926 bits per heavy atom. The van der Waals surface area contributed by atoms with Gasteiger partial charge in [0.1, 0.15) is 5.82 Å². The fraction of sp³-hybridized carbons (Fsp3) is 0.0500. The smallest absolute Gasteiger partial charge is 0.255 e. The number of carbonyl (C=O) groups is 1. The molecule has 0 radical (unpaired) electrons. The lowest BCUT2D eigenvalue weighted by Gasteiger charge is -2.08. The van der Waals surface area contributed by atoms with Gasteiger partial charge in [-0.15, -0.1) is 0 Å². The molecule has 136 valence electrons. The lowest BCUT2D eigenvalue weighted by molar-refractivity contribution is 0.102. The van der Waals surface area contributed by atoms with E-state index in [1.807, 2.05) is 6.07 Å². The summed E-state index contributed by atoms with van der Waals surface area (Å²) in [6.07, 6.45) is 0. The molecule has 7 heteroatoms. The quantitative estimate of drug-likeness (QED) is 0.613. The molecular formula is C20H15FN2O3S. The molecule has 0 aromatic heterocycles. The van der Waals surface area contributed by atoms with Gasteiger partial charge in [0, 0.05) is 27.9 Å². The number of nitrogens with one attached hydrogen (secondary N) is 2. The molecule has 2 N–H and O–H groups in total. The van der Waals surface area contributed by atoms with Gasteiger partial charge in [-0.05, 0) is 66.5 Å². The molecule has 0 saturated carbocycles. The summed E-state index contributed by atoms with van der Waals surface area (Å²) in [6.45, 7) is 0.189. The van der Waals surface area contributed by atoms with Gasteiger partial charge in [-0.3, -0.25) is 4.79 Å². The first-order valence-electron chi connectivity index (χ1n) is 8.17. The molecule has 0 bridgehead atoms. The van der Waals surface area contributed by atoms with Gasteiger partial charge in [-0.2, -0.15) is 0 Å². The molecule has 1 aliphatic rings. The summed E-state index contributed by atoms with van der Waals surface area (Å²) in [7, 11) is 0. The van der Waals surface area contributed by atoms with Crippen LogP contribution in [0.3, 0.4) is 0 Å². The zero-order chi connectivity index (χ0) is 18.6. The van der Waals surface area contributed by atoms with Gasteiger partial charge in [0.25, 0.3) is 5.91 Å². The van der Waals surface area contributed by atoms with Crippen molar-refractivity contribution >= 4 is 29.2 Å². The van der Waals surface area contributed by atoms with E-state index < -0.39 is 0 Å². The number of rotatable bonds is 5. The SMILES string of the molecule is O=C(Nc1ccc2c(c1)OCO2)c1ccc(NSc2cccc(F)c2)cc1. The fourth-order valence-electron chi connectivity index (χ4n) is 2.52. The van der Waals surface area contributed by atoms with Crippen molar-refractivity contribution in [1.29, 1.82) is 0 Å². The molecule has 0 fully saturated rings. The van der Waals surface area contributed by atoms with E-state index in [1.165, 1.54) is 24.1 Å². The lowest BCUT2D eigenvalue weighted by atomic mass is 10.2. The molecule has 1 amide bonds. The average molecular weight is 382 g/mol. The predicted octanol–water partition coefficient (Wildman–Crippen LogP) is 4.93. The number of carbonyl (C=O) groups excluding carboxylic acids is 1. The third-order valence-electron chi connectivity index (χ3n) is 3.86. The first-order valence-corrected chi connectivity index (χ1v) is 8.98. The van der Waals surface area contributed by atoms with Crippen LogP contribution in [0.15, 0.2) is 71.6 Å². The van der Waals surface area contributed by atoms with Crippen LogP contribution < -0.4 is 19.5 Å². The van der Waals surface area contributed by atoms with Crippen molar-refractivity contribution in [2.45, 2.75) is 4.90 Å². The zero-order valence-corrected chi connectivity index (χ0v) is 14.9. The highest BCUT2D eigenvalue weighted by Gasteiger charge is 2.14. The maximum Gasteiger partial charge on any atom is 0.255 e. The predicted molar refractivity (Wildman–Crippen MR) is 103 cm³/mol. The molecule has 0 atom stereocenters. The van der Waals surface area contributed by atoms with Gasteiger partial charge >= 0.3 is 0 Å². The highest BCUT2D eigenvalue weighted by molar-refractivity contribution is 8.00. The van der Waals surface area contributed by atoms with E-state index in [0.717, 1.165) is 10.6 Å². The number of fused-ring (bicyclic) bond motifs is 1. The molecule has 1 aliphatic heterocycles. The van der Waals surface area contributed by atoms with Gasteiger partial charge in [-0.25, -0.2) is 4.39 Å². The van der Waals surface area contributed by atoms with Crippen LogP contribution in [-0.4, -0.2) is 12.7 Å². The first-order chi connectivity index (χ1) is 13.2. The summed E-state index contributed by atoms with van der Waals surface area (Å²) in [5.41, 5.74) is 1.96. The molecular weight excluding hydrogens is 367 g/mol.